The molecule has 0 aliphatic carbocycles. The van der Waals surface area contributed by atoms with Gasteiger partial charge in [-0.05, 0) is 60.2 Å². The highest BCUT2D eigenvalue weighted by molar-refractivity contribution is 6.31. The number of benzene rings is 3. The summed E-state index contributed by atoms with van der Waals surface area (Å²) in [6, 6.07) is 13.6. The van der Waals surface area contributed by atoms with Crippen molar-refractivity contribution in [3.8, 4) is 28.7 Å². The molecule has 7 nitrogen and oxygen atoms in total. The third kappa shape index (κ3) is 4.78. The van der Waals surface area contributed by atoms with Gasteiger partial charge in [0.15, 0.2) is 11.5 Å². The summed E-state index contributed by atoms with van der Waals surface area (Å²) in [6.45, 7) is 0. The van der Waals surface area contributed by atoms with Crippen LogP contribution in [0.25, 0.3) is 28.7 Å². The number of nitrogens with zero attached hydrogens (tertiary/aromatic N) is 2. The highest BCUT2D eigenvalue weighted by Gasteiger charge is 2.17. The molecule has 0 fully saturated rings. The van der Waals surface area contributed by atoms with E-state index in [4.69, 9.17) is 47.1 Å². The van der Waals surface area contributed by atoms with E-state index in [0.29, 0.717) is 55.5 Å². The van der Waals surface area contributed by atoms with E-state index in [1.807, 2.05) is 0 Å². The van der Waals surface area contributed by atoms with Crippen LogP contribution >= 0.6 is 23.2 Å². The molecule has 1 aromatic heterocycles. The molecule has 0 spiro atoms. The van der Waals surface area contributed by atoms with Crippen LogP contribution in [0.5, 0.6) is 23.0 Å². The van der Waals surface area contributed by atoms with Crippen LogP contribution in [-0.2, 0) is 0 Å². The van der Waals surface area contributed by atoms with Crippen LogP contribution < -0.4 is 24.5 Å². The van der Waals surface area contributed by atoms with E-state index in [0.717, 1.165) is 5.56 Å². The minimum Gasteiger partial charge on any atom is -0.495 e. The highest BCUT2D eigenvalue weighted by atomic mass is 35.5. The minimum atomic E-state index is -0.295. The van der Waals surface area contributed by atoms with Crippen molar-refractivity contribution < 1.29 is 18.9 Å². The van der Waals surface area contributed by atoms with E-state index in [9.17, 15) is 4.79 Å². The first kappa shape index (κ1) is 24.4. The van der Waals surface area contributed by atoms with Gasteiger partial charge in [0.05, 0.1) is 45.0 Å². The summed E-state index contributed by atoms with van der Waals surface area (Å²) >= 11 is 12.4. The fourth-order valence-corrected chi connectivity index (χ4v) is 4.06. The molecule has 0 saturated heterocycles. The molecule has 4 aromatic rings. The molecule has 0 saturated carbocycles. The number of rotatable bonds is 7. The zero-order chi connectivity index (χ0) is 25.1. The largest absolute Gasteiger partial charge is 0.495 e. The average molecular weight is 513 g/mol. The average Bonchev–Trinajstić information content (AvgIpc) is 2.86. The molecule has 180 valence electrons. The van der Waals surface area contributed by atoms with Crippen LogP contribution in [0.2, 0.25) is 10.0 Å². The Morgan fingerprint density at radius 2 is 1.40 bits per heavy atom. The Bertz CT molecular complexity index is 1470. The van der Waals surface area contributed by atoms with Crippen LogP contribution in [0.4, 0.5) is 0 Å². The van der Waals surface area contributed by atoms with E-state index >= 15 is 0 Å². The van der Waals surface area contributed by atoms with Crippen molar-refractivity contribution >= 4 is 46.3 Å². The molecule has 0 unspecified atom stereocenters. The molecular weight excluding hydrogens is 491 g/mol. The van der Waals surface area contributed by atoms with E-state index in [-0.39, 0.29) is 5.56 Å². The van der Waals surface area contributed by atoms with Gasteiger partial charge in [-0.25, -0.2) is 4.98 Å². The number of hydrogen-bond acceptors (Lipinski definition) is 6. The van der Waals surface area contributed by atoms with Gasteiger partial charge in [-0.2, -0.15) is 0 Å². The predicted octanol–water partition coefficient (Wildman–Crippen LogP) is 5.90. The SMILES string of the molecule is COc1ccc(Cl)cc1-n1c(C=Cc2cc(OC)c(OC)c(OC)c2)nc2cc(Cl)ccc2c1=O. The van der Waals surface area contributed by atoms with Crippen molar-refractivity contribution in [1.29, 1.82) is 0 Å². The number of methoxy groups -OCH3 is 4. The Hall–Kier alpha value is -3.68. The number of fused-ring (bicyclic) bond motifs is 1. The molecule has 0 aliphatic rings. The molecule has 0 aliphatic heterocycles. The van der Waals surface area contributed by atoms with Gasteiger partial charge in [0.2, 0.25) is 5.75 Å². The standard InChI is InChI=1S/C26H22Cl2N2O5/c1-32-21-9-7-17(28)14-20(21)30-24(29-19-13-16(27)6-8-18(19)26(30)31)10-5-15-11-22(33-2)25(35-4)23(12-15)34-3/h5-14H,1-4H3. The number of halogens is 2. The summed E-state index contributed by atoms with van der Waals surface area (Å²) in [5.41, 5.74) is 1.37. The molecule has 35 heavy (non-hydrogen) atoms. The summed E-state index contributed by atoms with van der Waals surface area (Å²) < 4.78 is 23.2. The molecule has 1 heterocycles. The van der Waals surface area contributed by atoms with Crippen molar-refractivity contribution in [3.63, 3.8) is 0 Å². The highest BCUT2D eigenvalue weighted by Crippen LogP contribution is 2.38. The van der Waals surface area contributed by atoms with Gasteiger partial charge in [-0.15, -0.1) is 0 Å². The first-order chi connectivity index (χ1) is 16.9. The second-order valence-corrected chi connectivity index (χ2v) is 8.25. The Labute approximate surface area is 212 Å². The Morgan fingerprint density at radius 1 is 0.771 bits per heavy atom. The Kier molecular flexibility index (Phi) is 7.19. The maximum atomic E-state index is 13.6. The molecule has 0 bridgehead atoms. The van der Waals surface area contributed by atoms with E-state index in [1.165, 1.54) is 18.8 Å². The van der Waals surface area contributed by atoms with Gasteiger partial charge in [-0.1, -0.05) is 29.3 Å². The summed E-state index contributed by atoms with van der Waals surface area (Å²) in [5, 5.41) is 1.33. The monoisotopic (exact) mass is 512 g/mol. The lowest BCUT2D eigenvalue weighted by Crippen LogP contribution is -2.23. The van der Waals surface area contributed by atoms with Crippen LogP contribution in [0.15, 0.2) is 53.3 Å². The number of ether oxygens (including phenoxy) is 4. The lowest BCUT2D eigenvalue weighted by Gasteiger charge is -2.15. The first-order valence-corrected chi connectivity index (χ1v) is 11.2. The molecule has 0 N–H and O–H groups in total. The Balaban J connectivity index is 1.97. The zero-order valence-corrected chi connectivity index (χ0v) is 21.0. The second kappa shape index (κ2) is 10.3. The summed E-state index contributed by atoms with van der Waals surface area (Å²) in [4.78, 5) is 18.3. The van der Waals surface area contributed by atoms with Crippen LogP contribution in [0.3, 0.4) is 0 Å². The van der Waals surface area contributed by atoms with Crippen molar-refractivity contribution in [1.82, 2.24) is 9.55 Å². The van der Waals surface area contributed by atoms with E-state index < -0.39 is 0 Å². The van der Waals surface area contributed by atoms with Crippen LogP contribution in [0, 0.1) is 0 Å². The minimum absolute atomic E-state index is 0.295. The lowest BCUT2D eigenvalue weighted by atomic mass is 10.1. The topological polar surface area (TPSA) is 71.8 Å². The fraction of sp³-hybridized carbons (Fsp3) is 0.154. The second-order valence-electron chi connectivity index (χ2n) is 7.38. The fourth-order valence-electron chi connectivity index (χ4n) is 3.73. The van der Waals surface area contributed by atoms with Gasteiger partial charge < -0.3 is 18.9 Å². The summed E-state index contributed by atoms with van der Waals surface area (Å²) in [5.74, 6) is 2.29. The third-order valence-corrected chi connectivity index (χ3v) is 5.82. The summed E-state index contributed by atoms with van der Waals surface area (Å²) in [6.07, 6.45) is 3.50. The van der Waals surface area contributed by atoms with Crippen LogP contribution in [0.1, 0.15) is 11.4 Å². The molecule has 4 rings (SSSR count). The lowest BCUT2D eigenvalue weighted by molar-refractivity contribution is 0.324. The number of aromatic nitrogens is 2. The van der Waals surface area contributed by atoms with Gasteiger partial charge in [0.25, 0.3) is 5.56 Å². The molecule has 3 aromatic carbocycles. The molecule has 0 radical (unpaired) electrons. The molecule has 0 amide bonds. The van der Waals surface area contributed by atoms with Crippen molar-refractivity contribution in [3.05, 3.63) is 80.3 Å². The molecule has 0 atom stereocenters. The van der Waals surface area contributed by atoms with Crippen molar-refractivity contribution in [2.75, 3.05) is 28.4 Å². The molecular formula is C26H22Cl2N2O5. The predicted molar refractivity (Wildman–Crippen MR) is 139 cm³/mol. The smallest absolute Gasteiger partial charge is 0.266 e. The maximum absolute atomic E-state index is 13.6. The van der Waals surface area contributed by atoms with Gasteiger partial charge in [0.1, 0.15) is 11.6 Å². The normalized spacial score (nSPS) is 11.1. The summed E-state index contributed by atoms with van der Waals surface area (Å²) in [7, 11) is 6.15. The van der Waals surface area contributed by atoms with Crippen molar-refractivity contribution in [2.45, 2.75) is 0 Å². The van der Waals surface area contributed by atoms with Gasteiger partial charge in [0, 0.05) is 10.0 Å². The van der Waals surface area contributed by atoms with Crippen molar-refractivity contribution in [2.24, 2.45) is 0 Å². The zero-order valence-electron chi connectivity index (χ0n) is 19.5. The van der Waals surface area contributed by atoms with E-state index in [2.05, 4.69) is 0 Å². The molecule has 9 heteroatoms. The maximum Gasteiger partial charge on any atom is 0.266 e. The Morgan fingerprint density at radius 3 is 2.03 bits per heavy atom. The first-order valence-electron chi connectivity index (χ1n) is 10.4. The third-order valence-electron chi connectivity index (χ3n) is 5.35. The van der Waals surface area contributed by atoms with Gasteiger partial charge in [-0.3, -0.25) is 9.36 Å². The number of hydrogen-bond donors (Lipinski definition) is 0. The van der Waals surface area contributed by atoms with Gasteiger partial charge >= 0.3 is 0 Å². The quantitative estimate of drug-likeness (QED) is 0.307. The van der Waals surface area contributed by atoms with Crippen LogP contribution in [-0.4, -0.2) is 38.0 Å². The van der Waals surface area contributed by atoms with E-state index in [1.54, 1.807) is 74.9 Å².